The smallest absolute Gasteiger partial charge is 0.407 e. The summed E-state index contributed by atoms with van der Waals surface area (Å²) in [7, 11) is 0. The molecule has 0 heterocycles. The molecule has 0 atom stereocenters. The average molecular weight is 330 g/mol. The van der Waals surface area contributed by atoms with Crippen LogP contribution in [0.5, 0.6) is 0 Å². The third-order valence-electron chi connectivity index (χ3n) is 2.61. The number of amides is 1. The van der Waals surface area contributed by atoms with Crippen LogP contribution in [0.15, 0.2) is 12.1 Å². The summed E-state index contributed by atoms with van der Waals surface area (Å²) in [5.74, 6) is -3.37. The summed E-state index contributed by atoms with van der Waals surface area (Å²) < 4.78 is 32.3. The first-order chi connectivity index (χ1) is 10.6. The molecule has 0 fully saturated rings. The maximum absolute atomic E-state index is 13.6. The Morgan fingerprint density at radius 3 is 2.22 bits per heavy atom. The minimum Gasteiger partial charge on any atom is -0.478 e. The van der Waals surface area contributed by atoms with Gasteiger partial charge >= 0.3 is 12.1 Å². The van der Waals surface area contributed by atoms with Crippen LogP contribution in [-0.4, -0.2) is 35.9 Å². The van der Waals surface area contributed by atoms with Crippen LogP contribution in [0, 0.1) is 11.6 Å². The van der Waals surface area contributed by atoms with Gasteiger partial charge in [0, 0.05) is 13.1 Å². The van der Waals surface area contributed by atoms with Crippen molar-refractivity contribution in [2.45, 2.75) is 32.8 Å². The third kappa shape index (κ3) is 6.50. The van der Waals surface area contributed by atoms with Crippen LogP contribution in [0.1, 0.15) is 37.6 Å². The molecule has 1 rings (SSSR count). The number of hydrogen-bond donors (Lipinski definition) is 3. The minimum absolute atomic E-state index is 0.191. The number of ether oxygens (including phenoxy) is 1. The Kier molecular flexibility index (Phi) is 6.29. The molecular weight excluding hydrogens is 310 g/mol. The van der Waals surface area contributed by atoms with E-state index in [-0.39, 0.29) is 13.1 Å². The van der Waals surface area contributed by atoms with Crippen molar-refractivity contribution in [2.24, 2.45) is 0 Å². The lowest BCUT2D eigenvalue weighted by atomic mass is 10.2. The van der Waals surface area contributed by atoms with Crippen molar-refractivity contribution in [3.63, 3.8) is 0 Å². The molecule has 1 aromatic carbocycles. The van der Waals surface area contributed by atoms with Crippen LogP contribution in [-0.2, 0) is 4.74 Å². The quantitative estimate of drug-likeness (QED) is 0.698. The van der Waals surface area contributed by atoms with Gasteiger partial charge in [0.15, 0.2) is 0 Å². The number of aromatic carboxylic acids is 1. The molecule has 6 nitrogen and oxygen atoms in total. The molecule has 0 saturated heterocycles. The zero-order chi connectivity index (χ0) is 17.6. The summed E-state index contributed by atoms with van der Waals surface area (Å²) in [6.45, 7) is 5.66. The van der Waals surface area contributed by atoms with Crippen LogP contribution in [0.2, 0.25) is 0 Å². The topological polar surface area (TPSA) is 87.7 Å². The van der Waals surface area contributed by atoms with Gasteiger partial charge in [-0.15, -0.1) is 0 Å². The first kappa shape index (κ1) is 18.7. The van der Waals surface area contributed by atoms with Crippen molar-refractivity contribution in [3.05, 3.63) is 29.3 Å². The molecule has 8 heteroatoms. The Bertz CT molecular complexity index is 562. The molecule has 0 aromatic heterocycles. The Labute approximate surface area is 132 Å². The van der Waals surface area contributed by atoms with Gasteiger partial charge in [-0.1, -0.05) is 0 Å². The Hall–Kier alpha value is -2.38. The van der Waals surface area contributed by atoms with Gasteiger partial charge in [0.25, 0.3) is 0 Å². The van der Waals surface area contributed by atoms with E-state index in [2.05, 4.69) is 10.6 Å². The van der Waals surface area contributed by atoms with E-state index in [1.807, 2.05) is 0 Å². The normalized spacial score (nSPS) is 11.0. The lowest BCUT2D eigenvalue weighted by Crippen LogP contribution is -2.33. The largest absolute Gasteiger partial charge is 0.478 e. The second-order valence-electron chi connectivity index (χ2n) is 5.83. The van der Waals surface area contributed by atoms with Crippen LogP contribution < -0.4 is 10.6 Å². The predicted molar refractivity (Wildman–Crippen MR) is 80.7 cm³/mol. The van der Waals surface area contributed by atoms with Crippen molar-refractivity contribution in [2.75, 3.05) is 18.4 Å². The van der Waals surface area contributed by atoms with Crippen LogP contribution >= 0.6 is 0 Å². The van der Waals surface area contributed by atoms with Crippen LogP contribution in [0.3, 0.4) is 0 Å². The fourth-order valence-electron chi connectivity index (χ4n) is 1.67. The SMILES string of the molecule is CC(C)(C)OC(=O)NCCCNc1c(F)cc(C(=O)O)cc1F. The predicted octanol–water partition coefficient (Wildman–Crippen LogP) is 2.99. The maximum Gasteiger partial charge on any atom is 0.407 e. The molecule has 128 valence electrons. The van der Waals surface area contributed by atoms with E-state index in [1.165, 1.54) is 0 Å². The number of hydrogen-bond acceptors (Lipinski definition) is 4. The van der Waals surface area contributed by atoms with Gasteiger partial charge in [0.2, 0.25) is 0 Å². The number of nitrogens with one attached hydrogen (secondary N) is 2. The number of alkyl carbamates (subject to hydrolysis) is 1. The van der Waals surface area contributed by atoms with Gasteiger partial charge in [-0.05, 0) is 39.3 Å². The van der Waals surface area contributed by atoms with E-state index < -0.39 is 40.5 Å². The van der Waals surface area contributed by atoms with Crippen molar-refractivity contribution >= 4 is 17.7 Å². The average Bonchev–Trinajstić information content (AvgIpc) is 2.38. The van der Waals surface area contributed by atoms with E-state index in [0.717, 1.165) is 12.1 Å². The Morgan fingerprint density at radius 1 is 1.17 bits per heavy atom. The first-order valence-electron chi connectivity index (χ1n) is 7.03. The number of benzene rings is 1. The highest BCUT2D eigenvalue weighted by molar-refractivity contribution is 5.88. The standard InChI is InChI=1S/C15H20F2N2O4/c1-15(2,3)23-14(22)19-6-4-5-18-12-10(16)7-9(13(20)21)8-11(12)17/h7-8,18H,4-6H2,1-3H3,(H,19,22)(H,20,21). The second kappa shape index (κ2) is 7.75. The molecule has 1 amide bonds. The molecule has 0 bridgehead atoms. The van der Waals surface area contributed by atoms with E-state index in [1.54, 1.807) is 20.8 Å². The lowest BCUT2D eigenvalue weighted by Gasteiger charge is -2.19. The molecule has 23 heavy (non-hydrogen) atoms. The number of carbonyl (C=O) groups excluding carboxylic acids is 1. The summed E-state index contributed by atoms with van der Waals surface area (Å²) >= 11 is 0. The zero-order valence-electron chi connectivity index (χ0n) is 13.2. The fraction of sp³-hybridized carbons (Fsp3) is 0.467. The molecule has 0 unspecified atom stereocenters. The number of carboxylic acid groups (broad SMARTS) is 1. The first-order valence-corrected chi connectivity index (χ1v) is 7.03. The number of anilines is 1. The van der Waals surface area contributed by atoms with Crippen molar-refractivity contribution < 1.29 is 28.2 Å². The van der Waals surface area contributed by atoms with Gasteiger partial charge in [-0.3, -0.25) is 0 Å². The molecule has 0 radical (unpaired) electrons. The van der Waals surface area contributed by atoms with Crippen molar-refractivity contribution in [1.82, 2.24) is 5.32 Å². The fourth-order valence-corrected chi connectivity index (χ4v) is 1.67. The number of carbonyl (C=O) groups is 2. The second-order valence-corrected chi connectivity index (χ2v) is 5.83. The van der Waals surface area contributed by atoms with Gasteiger partial charge in [0.1, 0.15) is 22.9 Å². The van der Waals surface area contributed by atoms with E-state index in [9.17, 15) is 18.4 Å². The highest BCUT2D eigenvalue weighted by Crippen LogP contribution is 2.20. The Balaban J connectivity index is 2.42. The summed E-state index contributed by atoms with van der Waals surface area (Å²) in [5, 5.41) is 13.7. The minimum atomic E-state index is -1.41. The zero-order valence-corrected chi connectivity index (χ0v) is 13.2. The van der Waals surface area contributed by atoms with Gasteiger partial charge in [-0.2, -0.15) is 0 Å². The highest BCUT2D eigenvalue weighted by Gasteiger charge is 2.16. The molecular formula is C15H20F2N2O4. The van der Waals surface area contributed by atoms with Crippen LogP contribution in [0.25, 0.3) is 0 Å². The van der Waals surface area contributed by atoms with Crippen molar-refractivity contribution in [3.8, 4) is 0 Å². The van der Waals surface area contributed by atoms with Gasteiger partial charge in [0.05, 0.1) is 5.56 Å². The van der Waals surface area contributed by atoms with E-state index in [4.69, 9.17) is 9.84 Å². The van der Waals surface area contributed by atoms with Gasteiger partial charge < -0.3 is 20.5 Å². The number of halogens is 2. The van der Waals surface area contributed by atoms with E-state index >= 15 is 0 Å². The Morgan fingerprint density at radius 2 is 1.74 bits per heavy atom. The summed E-state index contributed by atoms with van der Waals surface area (Å²) in [6.07, 6.45) is -0.167. The molecule has 0 aliphatic carbocycles. The molecule has 0 aliphatic rings. The third-order valence-corrected chi connectivity index (χ3v) is 2.61. The molecule has 0 aliphatic heterocycles. The maximum atomic E-state index is 13.6. The monoisotopic (exact) mass is 330 g/mol. The summed E-state index contributed by atoms with van der Waals surface area (Å²) in [5.41, 5.74) is -1.45. The summed E-state index contributed by atoms with van der Waals surface area (Å²) in [4.78, 5) is 22.0. The summed E-state index contributed by atoms with van der Waals surface area (Å²) in [6, 6.07) is 1.49. The number of carboxylic acids is 1. The highest BCUT2D eigenvalue weighted by atomic mass is 19.1. The molecule has 0 spiro atoms. The lowest BCUT2D eigenvalue weighted by molar-refractivity contribution is 0.0527. The van der Waals surface area contributed by atoms with E-state index in [0.29, 0.717) is 6.42 Å². The van der Waals surface area contributed by atoms with Crippen molar-refractivity contribution in [1.29, 1.82) is 0 Å². The van der Waals surface area contributed by atoms with Gasteiger partial charge in [-0.25, -0.2) is 18.4 Å². The van der Waals surface area contributed by atoms with Crippen LogP contribution in [0.4, 0.5) is 19.3 Å². The molecule has 0 saturated carbocycles. The molecule has 1 aromatic rings. The molecule has 3 N–H and O–H groups in total. The number of rotatable bonds is 6.